The molecule has 4 N–H and O–H groups in total. The van der Waals surface area contributed by atoms with E-state index in [2.05, 4.69) is 27.3 Å². The van der Waals surface area contributed by atoms with Crippen LogP contribution in [-0.4, -0.2) is 47.3 Å². The second-order valence-electron chi connectivity index (χ2n) is 12.0. The SMILES string of the molecule is CC(=O)N[C@H](C(=O)N[C@@H](CC(C)(C)C)C(=O)N[C@H](C#N)C[C@@H]1CC(C)(C)NC1=O)C(C)(C)C. The van der Waals surface area contributed by atoms with E-state index in [-0.39, 0.29) is 35.1 Å². The molecule has 0 aliphatic carbocycles. The Morgan fingerprint density at radius 1 is 1.09 bits per heavy atom. The molecule has 9 nitrogen and oxygen atoms in total. The molecular formula is C24H41N5O4. The van der Waals surface area contributed by atoms with Crippen LogP contribution in [0.3, 0.4) is 0 Å². The van der Waals surface area contributed by atoms with E-state index in [1.54, 1.807) is 0 Å². The normalized spacial score (nSPS) is 20.6. The maximum Gasteiger partial charge on any atom is 0.243 e. The molecule has 0 saturated carbocycles. The predicted octanol–water partition coefficient (Wildman–Crippen LogP) is 1.77. The first-order valence-corrected chi connectivity index (χ1v) is 11.4. The highest BCUT2D eigenvalue weighted by Crippen LogP contribution is 2.28. The predicted molar refractivity (Wildman–Crippen MR) is 126 cm³/mol. The van der Waals surface area contributed by atoms with Crippen LogP contribution in [0.2, 0.25) is 0 Å². The third-order valence-corrected chi connectivity index (χ3v) is 5.51. The van der Waals surface area contributed by atoms with E-state index in [4.69, 9.17) is 0 Å². The Labute approximate surface area is 197 Å². The highest BCUT2D eigenvalue weighted by atomic mass is 16.2. The topological polar surface area (TPSA) is 140 Å². The number of nitrogens with zero attached hydrogens (tertiary/aromatic N) is 1. The zero-order valence-electron chi connectivity index (χ0n) is 21.5. The summed E-state index contributed by atoms with van der Waals surface area (Å²) < 4.78 is 0. The van der Waals surface area contributed by atoms with Crippen LogP contribution >= 0.6 is 0 Å². The van der Waals surface area contributed by atoms with Crippen LogP contribution in [0.1, 0.15) is 81.6 Å². The van der Waals surface area contributed by atoms with E-state index in [0.717, 1.165) is 0 Å². The molecular weight excluding hydrogens is 422 g/mol. The summed E-state index contributed by atoms with van der Waals surface area (Å²) in [7, 11) is 0. The van der Waals surface area contributed by atoms with Gasteiger partial charge in [-0.05, 0) is 43.9 Å². The molecule has 4 atom stereocenters. The Balaban J connectivity index is 3.00. The van der Waals surface area contributed by atoms with Crippen molar-refractivity contribution in [1.29, 1.82) is 5.26 Å². The van der Waals surface area contributed by atoms with Crippen molar-refractivity contribution in [2.75, 3.05) is 0 Å². The summed E-state index contributed by atoms with van der Waals surface area (Å²) in [5, 5.41) is 20.6. The van der Waals surface area contributed by atoms with Crippen molar-refractivity contribution < 1.29 is 19.2 Å². The van der Waals surface area contributed by atoms with Gasteiger partial charge >= 0.3 is 0 Å². The Kier molecular flexibility index (Phi) is 9.07. The van der Waals surface area contributed by atoms with Crippen LogP contribution in [0.5, 0.6) is 0 Å². The van der Waals surface area contributed by atoms with Gasteiger partial charge < -0.3 is 21.3 Å². The van der Waals surface area contributed by atoms with Crippen LogP contribution in [-0.2, 0) is 19.2 Å². The molecule has 0 bridgehead atoms. The molecule has 0 unspecified atom stereocenters. The van der Waals surface area contributed by atoms with Gasteiger partial charge in [0, 0.05) is 18.4 Å². The molecule has 1 fully saturated rings. The summed E-state index contributed by atoms with van der Waals surface area (Å²) in [6, 6.07) is -0.529. The van der Waals surface area contributed by atoms with Crippen LogP contribution < -0.4 is 21.3 Å². The number of amides is 4. The van der Waals surface area contributed by atoms with E-state index < -0.39 is 35.4 Å². The van der Waals surface area contributed by atoms with Gasteiger partial charge in [-0.1, -0.05) is 41.5 Å². The Morgan fingerprint density at radius 2 is 1.67 bits per heavy atom. The van der Waals surface area contributed by atoms with Gasteiger partial charge in [0.2, 0.25) is 23.6 Å². The highest BCUT2D eigenvalue weighted by molar-refractivity contribution is 5.92. The Morgan fingerprint density at radius 3 is 2.06 bits per heavy atom. The third-order valence-electron chi connectivity index (χ3n) is 5.51. The van der Waals surface area contributed by atoms with Gasteiger partial charge in [0.1, 0.15) is 18.1 Å². The average Bonchev–Trinajstić information content (AvgIpc) is 2.87. The molecule has 186 valence electrons. The minimum absolute atomic E-state index is 0.127. The standard InChI is InChI=1S/C24H41N5O4/c1-14(30)26-18(23(5,6)7)21(33)28-17(12-22(2,3)4)20(32)27-16(13-25)10-15-11-24(8,9)29-19(15)31/h15-18H,10-12H2,1-9H3,(H,26,30)(H,27,32)(H,28,33)(H,29,31)/t15-,16+,17+,18-/m1/s1. The van der Waals surface area contributed by atoms with Crippen molar-refractivity contribution >= 4 is 23.6 Å². The number of carbonyl (C=O) groups excluding carboxylic acids is 4. The maximum absolute atomic E-state index is 13.1. The molecule has 4 amide bonds. The smallest absolute Gasteiger partial charge is 0.243 e. The number of carbonyl (C=O) groups is 4. The summed E-state index contributed by atoms with van der Waals surface area (Å²) in [6.07, 6.45) is 1.10. The second-order valence-corrected chi connectivity index (χ2v) is 12.0. The van der Waals surface area contributed by atoms with Crippen molar-refractivity contribution in [2.24, 2.45) is 16.7 Å². The summed E-state index contributed by atoms with van der Waals surface area (Å²) in [5.41, 5.74) is -1.21. The largest absolute Gasteiger partial charge is 0.351 e. The zero-order chi connectivity index (χ0) is 25.8. The van der Waals surface area contributed by atoms with Gasteiger partial charge in [-0.2, -0.15) is 5.26 Å². The molecule has 0 aromatic carbocycles. The fourth-order valence-electron chi connectivity index (χ4n) is 4.04. The van der Waals surface area contributed by atoms with Gasteiger partial charge in [-0.25, -0.2) is 0 Å². The van der Waals surface area contributed by atoms with Gasteiger partial charge in [0.25, 0.3) is 0 Å². The quantitative estimate of drug-likeness (QED) is 0.434. The molecule has 1 heterocycles. The van der Waals surface area contributed by atoms with Gasteiger partial charge in [-0.15, -0.1) is 0 Å². The van der Waals surface area contributed by atoms with E-state index >= 15 is 0 Å². The lowest BCUT2D eigenvalue weighted by Gasteiger charge is -2.33. The molecule has 1 saturated heterocycles. The fraction of sp³-hybridized carbons (Fsp3) is 0.792. The van der Waals surface area contributed by atoms with Crippen LogP contribution in [0.4, 0.5) is 0 Å². The minimum Gasteiger partial charge on any atom is -0.351 e. The molecule has 0 aromatic rings. The third kappa shape index (κ3) is 9.40. The molecule has 9 heteroatoms. The minimum atomic E-state index is -0.902. The number of nitriles is 1. The van der Waals surface area contributed by atoms with Gasteiger partial charge in [-0.3, -0.25) is 19.2 Å². The van der Waals surface area contributed by atoms with Crippen LogP contribution in [0.15, 0.2) is 0 Å². The lowest BCUT2D eigenvalue weighted by atomic mass is 9.84. The zero-order valence-corrected chi connectivity index (χ0v) is 21.5. The summed E-state index contributed by atoms with van der Waals surface area (Å²) in [4.78, 5) is 50.1. The van der Waals surface area contributed by atoms with Crippen LogP contribution in [0.25, 0.3) is 0 Å². The van der Waals surface area contributed by atoms with Crippen molar-refractivity contribution in [2.45, 2.75) is 105 Å². The number of hydrogen-bond donors (Lipinski definition) is 4. The lowest BCUT2D eigenvalue weighted by molar-refractivity contribution is -0.134. The molecule has 1 aliphatic heterocycles. The van der Waals surface area contributed by atoms with E-state index in [1.165, 1.54) is 6.92 Å². The van der Waals surface area contributed by atoms with Gasteiger partial charge in [0.05, 0.1) is 6.07 Å². The molecule has 0 radical (unpaired) electrons. The maximum atomic E-state index is 13.1. The first-order valence-electron chi connectivity index (χ1n) is 11.4. The summed E-state index contributed by atoms with van der Waals surface area (Å²) >= 11 is 0. The van der Waals surface area contributed by atoms with Crippen molar-refractivity contribution in [1.82, 2.24) is 21.3 Å². The molecule has 0 spiro atoms. The van der Waals surface area contributed by atoms with Gasteiger partial charge in [0.15, 0.2) is 0 Å². The van der Waals surface area contributed by atoms with E-state index in [9.17, 15) is 24.4 Å². The van der Waals surface area contributed by atoms with Crippen molar-refractivity contribution in [3.05, 3.63) is 0 Å². The number of hydrogen-bond acceptors (Lipinski definition) is 5. The first-order chi connectivity index (χ1) is 14.8. The van der Waals surface area contributed by atoms with Crippen molar-refractivity contribution in [3.63, 3.8) is 0 Å². The first kappa shape index (κ1) is 28.4. The average molecular weight is 464 g/mol. The number of rotatable bonds is 8. The summed E-state index contributed by atoms with van der Waals surface area (Å²) in [6.45, 7) is 16.5. The molecule has 0 aromatic heterocycles. The highest BCUT2D eigenvalue weighted by Gasteiger charge is 2.40. The Hall–Kier alpha value is -2.63. The van der Waals surface area contributed by atoms with Crippen molar-refractivity contribution in [3.8, 4) is 6.07 Å². The van der Waals surface area contributed by atoms with E-state index in [0.29, 0.717) is 12.8 Å². The lowest BCUT2D eigenvalue weighted by Crippen LogP contribution is -2.58. The second kappa shape index (κ2) is 10.5. The number of nitrogens with one attached hydrogen (secondary N) is 4. The van der Waals surface area contributed by atoms with E-state index in [1.807, 2.05) is 55.4 Å². The monoisotopic (exact) mass is 463 g/mol. The molecule has 1 rings (SSSR count). The van der Waals surface area contributed by atoms with Crippen LogP contribution in [0, 0.1) is 28.1 Å². The molecule has 33 heavy (non-hydrogen) atoms. The fourth-order valence-corrected chi connectivity index (χ4v) is 4.04. The summed E-state index contributed by atoms with van der Waals surface area (Å²) in [5.74, 6) is -1.79. The molecule has 1 aliphatic rings. The Bertz CT molecular complexity index is 801.